The van der Waals surface area contributed by atoms with Crippen LogP contribution in [0.3, 0.4) is 0 Å². The topological polar surface area (TPSA) is 50.4 Å². The lowest BCUT2D eigenvalue weighted by atomic mass is 10.3. The average Bonchev–Trinajstić information content (AvgIpc) is 2.16. The fourth-order valence-electron chi connectivity index (χ4n) is 0.867. The summed E-state index contributed by atoms with van der Waals surface area (Å²) in [6.07, 6.45) is 1.96. The van der Waals surface area contributed by atoms with E-state index < -0.39 is 0 Å². The third-order valence-electron chi connectivity index (χ3n) is 1.90. The predicted octanol–water partition coefficient (Wildman–Crippen LogP) is 0.137. The van der Waals surface area contributed by atoms with E-state index >= 15 is 0 Å². The van der Waals surface area contributed by atoms with Crippen LogP contribution in [0.15, 0.2) is 0 Å². The van der Waals surface area contributed by atoms with Gasteiger partial charge in [-0.2, -0.15) is 0 Å². The number of hydrogen-bond acceptors (Lipinski definition) is 3. The van der Waals surface area contributed by atoms with Gasteiger partial charge in [0.25, 0.3) is 0 Å². The van der Waals surface area contributed by atoms with Crippen LogP contribution < -0.4 is 10.6 Å². The van der Waals surface area contributed by atoms with Crippen LogP contribution in [0.4, 0.5) is 0 Å². The first-order valence-electron chi connectivity index (χ1n) is 4.66. The van der Waals surface area contributed by atoms with Crippen LogP contribution in [0, 0.1) is 0 Å². The van der Waals surface area contributed by atoms with Crippen molar-refractivity contribution in [3.8, 4) is 0 Å². The first kappa shape index (κ1) is 12.4. The molecule has 0 saturated heterocycles. The van der Waals surface area contributed by atoms with Crippen molar-refractivity contribution in [2.75, 3.05) is 27.3 Å². The van der Waals surface area contributed by atoms with Gasteiger partial charge in [-0.25, -0.2) is 0 Å². The van der Waals surface area contributed by atoms with Crippen molar-refractivity contribution in [3.63, 3.8) is 0 Å². The Morgan fingerprint density at radius 2 is 2.15 bits per heavy atom. The van der Waals surface area contributed by atoms with Crippen LogP contribution in [-0.4, -0.2) is 39.3 Å². The molecule has 0 fully saturated rings. The van der Waals surface area contributed by atoms with Crippen LogP contribution in [0.25, 0.3) is 0 Å². The summed E-state index contributed by atoms with van der Waals surface area (Å²) in [6.45, 7) is 3.33. The molecule has 0 saturated carbocycles. The molecule has 0 heterocycles. The Labute approximate surface area is 80.0 Å². The Balaban J connectivity index is 3.27. The van der Waals surface area contributed by atoms with E-state index in [4.69, 9.17) is 4.74 Å². The molecule has 0 rings (SSSR count). The van der Waals surface area contributed by atoms with Gasteiger partial charge in [-0.05, 0) is 26.8 Å². The number of unbranched alkanes of at least 4 members (excludes halogenated alkanes) is 1. The zero-order valence-electron chi connectivity index (χ0n) is 8.72. The molecule has 78 valence electrons. The first-order valence-corrected chi connectivity index (χ1v) is 4.66. The molecule has 0 radical (unpaired) electrons. The quantitative estimate of drug-likeness (QED) is 0.559. The molecule has 4 heteroatoms. The van der Waals surface area contributed by atoms with Gasteiger partial charge < -0.3 is 15.4 Å². The number of ether oxygens (including phenoxy) is 1. The third kappa shape index (κ3) is 6.54. The Kier molecular flexibility index (Phi) is 7.63. The smallest absolute Gasteiger partial charge is 0.236 e. The number of carbonyl (C=O) groups is 1. The maximum atomic E-state index is 11.2. The van der Waals surface area contributed by atoms with E-state index in [1.165, 1.54) is 0 Å². The molecular weight excluding hydrogens is 168 g/mol. The zero-order chi connectivity index (χ0) is 10.1. The van der Waals surface area contributed by atoms with Crippen molar-refractivity contribution in [3.05, 3.63) is 0 Å². The van der Waals surface area contributed by atoms with Gasteiger partial charge in [0.1, 0.15) is 0 Å². The second-order valence-corrected chi connectivity index (χ2v) is 3.00. The van der Waals surface area contributed by atoms with Gasteiger partial charge in [-0.15, -0.1) is 0 Å². The largest absolute Gasteiger partial charge is 0.385 e. The molecule has 0 aliphatic carbocycles. The lowest BCUT2D eigenvalue weighted by Crippen LogP contribution is -2.40. The van der Waals surface area contributed by atoms with Gasteiger partial charge >= 0.3 is 0 Å². The van der Waals surface area contributed by atoms with E-state index in [9.17, 15) is 4.79 Å². The summed E-state index contributed by atoms with van der Waals surface area (Å²) in [5.74, 6) is 0.0555. The SMILES string of the molecule is CNC(C)C(=O)NCCCCOC. The summed E-state index contributed by atoms with van der Waals surface area (Å²) >= 11 is 0. The molecule has 13 heavy (non-hydrogen) atoms. The normalized spacial score (nSPS) is 12.5. The highest BCUT2D eigenvalue weighted by atomic mass is 16.5. The Morgan fingerprint density at radius 1 is 1.46 bits per heavy atom. The highest BCUT2D eigenvalue weighted by molar-refractivity contribution is 5.81. The number of methoxy groups -OCH3 is 1. The molecule has 0 aliphatic rings. The van der Waals surface area contributed by atoms with Crippen LogP contribution in [0.2, 0.25) is 0 Å². The molecule has 1 amide bonds. The van der Waals surface area contributed by atoms with Gasteiger partial charge in [0.15, 0.2) is 0 Å². The number of amides is 1. The molecule has 2 N–H and O–H groups in total. The number of nitrogens with one attached hydrogen (secondary N) is 2. The molecular formula is C9H20N2O2. The van der Waals surface area contributed by atoms with E-state index in [2.05, 4.69) is 10.6 Å². The lowest BCUT2D eigenvalue weighted by Gasteiger charge is -2.10. The molecule has 0 aromatic carbocycles. The monoisotopic (exact) mass is 188 g/mol. The van der Waals surface area contributed by atoms with E-state index in [-0.39, 0.29) is 11.9 Å². The van der Waals surface area contributed by atoms with Crippen molar-refractivity contribution >= 4 is 5.91 Å². The van der Waals surface area contributed by atoms with Crippen molar-refractivity contribution in [1.29, 1.82) is 0 Å². The minimum Gasteiger partial charge on any atom is -0.385 e. The molecule has 1 atom stereocenters. The predicted molar refractivity (Wildman–Crippen MR) is 52.6 cm³/mol. The Morgan fingerprint density at radius 3 is 2.69 bits per heavy atom. The molecule has 0 spiro atoms. The summed E-state index contributed by atoms with van der Waals surface area (Å²) in [5.41, 5.74) is 0. The highest BCUT2D eigenvalue weighted by Crippen LogP contribution is 1.87. The minimum atomic E-state index is -0.109. The summed E-state index contributed by atoms with van der Waals surface area (Å²) in [6, 6.07) is -0.109. The molecule has 1 unspecified atom stereocenters. The van der Waals surface area contributed by atoms with Gasteiger partial charge in [-0.3, -0.25) is 4.79 Å². The Hall–Kier alpha value is -0.610. The number of hydrogen-bond donors (Lipinski definition) is 2. The number of rotatable bonds is 7. The number of likely N-dealkylation sites (N-methyl/N-ethyl adjacent to an activating group) is 1. The number of carbonyl (C=O) groups excluding carboxylic acids is 1. The molecule has 0 aliphatic heterocycles. The molecule has 0 aromatic rings. The van der Waals surface area contributed by atoms with Gasteiger partial charge in [-0.1, -0.05) is 0 Å². The molecule has 0 aromatic heterocycles. The van der Waals surface area contributed by atoms with Crippen LogP contribution in [0.1, 0.15) is 19.8 Å². The fourth-order valence-corrected chi connectivity index (χ4v) is 0.867. The van der Waals surface area contributed by atoms with E-state index in [0.29, 0.717) is 0 Å². The third-order valence-corrected chi connectivity index (χ3v) is 1.90. The van der Waals surface area contributed by atoms with Crippen LogP contribution in [-0.2, 0) is 9.53 Å². The summed E-state index contributed by atoms with van der Waals surface area (Å²) in [4.78, 5) is 11.2. The second kappa shape index (κ2) is 8.01. The maximum Gasteiger partial charge on any atom is 0.236 e. The fraction of sp³-hybridized carbons (Fsp3) is 0.889. The summed E-state index contributed by atoms with van der Waals surface area (Å²) in [7, 11) is 3.46. The average molecular weight is 188 g/mol. The second-order valence-electron chi connectivity index (χ2n) is 3.00. The summed E-state index contributed by atoms with van der Waals surface area (Å²) in [5, 5.41) is 5.72. The first-order chi connectivity index (χ1) is 6.22. The van der Waals surface area contributed by atoms with Gasteiger partial charge in [0, 0.05) is 20.3 Å². The standard InChI is InChI=1S/C9H20N2O2/c1-8(10-2)9(12)11-6-4-5-7-13-3/h8,10H,4-7H2,1-3H3,(H,11,12). The molecule has 0 bridgehead atoms. The zero-order valence-corrected chi connectivity index (χ0v) is 8.72. The van der Waals surface area contributed by atoms with Crippen LogP contribution >= 0.6 is 0 Å². The van der Waals surface area contributed by atoms with Crippen molar-refractivity contribution in [1.82, 2.24) is 10.6 Å². The minimum absolute atomic E-state index is 0.0555. The Bertz CT molecular complexity index is 140. The van der Waals surface area contributed by atoms with Crippen LogP contribution in [0.5, 0.6) is 0 Å². The van der Waals surface area contributed by atoms with Crippen molar-refractivity contribution in [2.24, 2.45) is 0 Å². The van der Waals surface area contributed by atoms with Gasteiger partial charge in [0.05, 0.1) is 6.04 Å². The maximum absolute atomic E-state index is 11.2. The van der Waals surface area contributed by atoms with E-state index in [0.717, 1.165) is 26.0 Å². The van der Waals surface area contributed by atoms with Crippen molar-refractivity contribution in [2.45, 2.75) is 25.8 Å². The lowest BCUT2D eigenvalue weighted by molar-refractivity contribution is -0.122. The summed E-state index contributed by atoms with van der Waals surface area (Å²) < 4.78 is 4.89. The van der Waals surface area contributed by atoms with Crippen molar-refractivity contribution < 1.29 is 9.53 Å². The van der Waals surface area contributed by atoms with E-state index in [1.807, 2.05) is 6.92 Å². The molecule has 4 nitrogen and oxygen atoms in total. The highest BCUT2D eigenvalue weighted by Gasteiger charge is 2.07. The van der Waals surface area contributed by atoms with Gasteiger partial charge in [0.2, 0.25) is 5.91 Å². The van der Waals surface area contributed by atoms with E-state index in [1.54, 1.807) is 14.2 Å².